The Balaban J connectivity index is 3.26. The highest BCUT2D eigenvalue weighted by atomic mass is 32.2. The molecule has 6 heteroatoms. The standard InChI is InChI=1S/C12H17FN2O2S/c1-4-7-15(9(2)3)18(16,17)10-5-6-12(14)11(13)8-10/h4-6,8-9H,1,7,14H2,2-3H3. The summed E-state index contributed by atoms with van der Waals surface area (Å²) in [7, 11) is -3.74. The molecule has 18 heavy (non-hydrogen) atoms. The van der Waals surface area contributed by atoms with Crippen LogP contribution in [0.1, 0.15) is 13.8 Å². The molecule has 0 amide bonds. The number of anilines is 1. The number of nitrogens with zero attached hydrogens (tertiary/aromatic N) is 1. The fraction of sp³-hybridized carbons (Fsp3) is 0.333. The first-order valence-electron chi connectivity index (χ1n) is 5.48. The number of nitrogens with two attached hydrogens (primary N) is 1. The summed E-state index contributed by atoms with van der Waals surface area (Å²) in [5, 5.41) is 0. The van der Waals surface area contributed by atoms with Gasteiger partial charge in [0.1, 0.15) is 5.82 Å². The highest BCUT2D eigenvalue weighted by Gasteiger charge is 2.26. The van der Waals surface area contributed by atoms with Crippen LogP contribution in [0.4, 0.5) is 10.1 Å². The summed E-state index contributed by atoms with van der Waals surface area (Å²) in [6.45, 7) is 7.18. The lowest BCUT2D eigenvalue weighted by Crippen LogP contribution is -2.37. The molecule has 1 rings (SSSR count). The molecule has 1 aromatic rings. The average Bonchev–Trinajstić information content (AvgIpc) is 2.28. The van der Waals surface area contributed by atoms with Crippen molar-refractivity contribution in [2.24, 2.45) is 0 Å². The van der Waals surface area contributed by atoms with Gasteiger partial charge >= 0.3 is 0 Å². The Morgan fingerprint density at radius 2 is 2.11 bits per heavy atom. The lowest BCUT2D eigenvalue weighted by Gasteiger charge is -2.24. The molecule has 0 atom stereocenters. The molecule has 0 aliphatic rings. The number of hydrogen-bond donors (Lipinski definition) is 1. The van der Waals surface area contributed by atoms with Crippen LogP contribution in [0.25, 0.3) is 0 Å². The van der Waals surface area contributed by atoms with E-state index in [1.54, 1.807) is 13.8 Å². The summed E-state index contributed by atoms with van der Waals surface area (Å²) in [5.74, 6) is -0.738. The van der Waals surface area contributed by atoms with Gasteiger partial charge in [0.05, 0.1) is 10.6 Å². The Kier molecular flexibility index (Phi) is 4.48. The van der Waals surface area contributed by atoms with Crippen LogP contribution in [-0.4, -0.2) is 25.3 Å². The van der Waals surface area contributed by atoms with E-state index in [4.69, 9.17) is 5.73 Å². The van der Waals surface area contributed by atoms with Crippen LogP contribution in [0, 0.1) is 5.82 Å². The molecule has 2 N–H and O–H groups in total. The van der Waals surface area contributed by atoms with E-state index >= 15 is 0 Å². The summed E-state index contributed by atoms with van der Waals surface area (Å²) >= 11 is 0. The van der Waals surface area contributed by atoms with Gasteiger partial charge in [0.25, 0.3) is 0 Å². The third kappa shape index (κ3) is 2.88. The lowest BCUT2D eigenvalue weighted by molar-refractivity contribution is 0.382. The van der Waals surface area contributed by atoms with Crippen LogP contribution >= 0.6 is 0 Å². The predicted octanol–water partition coefficient (Wildman–Crippen LogP) is 1.99. The predicted molar refractivity (Wildman–Crippen MR) is 70.0 cm³/mol. The summed E-state index contributed by atoms with van der Waals surface area (Å²) < 4.78 is 39.2. The van der Waals surface area contributed by atoms with E-state index in [1.165, 1.54) is 22.5 Å². The van der Waals surface area contributed by atoms with E-state index in [9.17, 15) is 12.8 Å². The van der Waals surface area contributed by atoms with Crippen molar-refractivity contribution in [3.8, 4) is 0 Å². The van der Waals surface area contributed by atoms with Gasteiger partial charge in [0, 0.05) is 12.6 Å². The maximum atomic E-state index is 13.3. The van der Waals surface area contributed by atoms with Gasteiger partial charge in [-0.1, -0.05) is 6.08 Å². The van der Waals surface area contributed by atoms with Crippen LogP contribution in [0.15, 0.2) is 35.7 Å². The summed E-state index contributed by atoms with van der Waals surface area (Å²) in [6, 6.07) is 3.23. The average molecular weight is 272 g/mol. The molecule has 0 aromatic heterocycles. The molecule has 0 saturated carbocycles. The Morgan fingerprint density at radius 3 is 2.56 bits per heavy atom. The van der Waals surface area contributed by atoms with Gasteiger partial charge in [-0.3, -0.25) is 0 Å². The van der Waals surface area contributed by atoms with Gasteiger partial charge in [-0.25, -0.2) is 12.8 Å². The molecule has 0 aliphatic heterocycles. The van der Waals surface area contributed by atoms with Gasteiger partial charge in [-0.2, -0.15) is 4.31 Å². The van der Waals surface area contributed by atoms with Crippen molar-refractivity contribution < 1.29 is 12.8 Å². The lowest BCUT2D eigenvalue weighted by atomic mass is 10.3. The van der Waals surface area contributed by atoms with E-state index in [-0.39, 0.29) is 23.2 Å². The number of rotatable bonds is 5. The molecule has 0 radical (unpaired) electrons. The molecule has 0 spiro atoms. The van der Waals surface area contributed by atoms with Crippen molar-refractivity contribution >= 4 is 15.7 Å². The van der Waals surface area contributed by atoms with E-state index in [2.05, 4.69) is 6.58 Å². The molecule has 0 unspecified atom stereocenters. The minimum atomic E-state index is -3.74. The number of hydrogen-bond acceptors (Lipinski definition) is 3. The zero-order valence-corrected chi connectivity index (χ0v) is 11.2. The Bertz CT molecular complexity index is 541. The van der Waals surface area contributed by atoms with Crippen molar-refractivity contribution in [3.63, 3.8) is 0 Å². The van der Waals surface area contributed by atoms with E-state index in [0.717, 1.165) is 6.07 Å². The van der Waals surface area contributed by atoms with Gasteiger partial charge in [0.2, 0.25) is 10.0 Å². The monoisotopic (exact) mass is 272 g/mol. The first-order chi connectivity index (χ1) is 8.30. The van der Waals surface area contributed by atoms with Crippen molar-refractivity contribution in [1.29, 1.82) is 0 Å². The first kappa shape index (κ1) is 14.7. The Morgan fingerprint density at radius 1 is 1.50 bits per heavy atom. The fourth-order valence-electron chi connectivity index (χ4n) is 1.52. The Hall–Kier alpha value is -1.40. The smallest absolute Gasteiger partial charge is 0.243 e. The highest BCUT2D eigenvalue weighted by molar-refractivity contribution is 7.89. The zero-order valence-electron chi connectivity index (χ0n) is 10.4. The van der Waals surface area contributed by atoms with Crippen molar-refractivity contribution in [2.45, 2.75) is 24.8 Å². The molecule has 4 nitrogen and oxygen atoms in total. The molecule has 0 bridgehead atoms. The summed E-state index contributed by atoms with van der Waals surface area (Å²) in [4.78, 5) is -0.107. The third-order valence-electron chi connectivity index (χ3n) is 2.46. The third-order valence-corrected chi connectivity index (χ3v) is 4.50. The first-order valence-corrected chi connectivity index (χ1v) is 6.92. The number of benzene rings is 1. The van der Waals surface area contributed by atoms with E-state index in [1.807, 2.05) is 0 Å². The van der Waals surface area contributed by atoms with Crippen molar-refractivity contribution in [1.82, 2.24) is 4.31 Å². The van der Waals surface area contributed by atoms with Crippen molar-refractivity contribution in [3.05, 3.63) is 36.7 Å². The maximum absolute atomic E-state index is 13.3. The molecule has 100 valence electrons. The van der Waals surface area contributed by atoms with Crippen molar-refractivity contribution in [2.75, 3.05) is 12.3 Å². The second kappa shape index (κ2) is 5.49. The van der Waals surface area contributed by atoms with Gasteiger partial charge in [0.15, 0.2) is 0 Å². The molecular formula is C12H17FN2O2S. The number of sulfonamides is 1. The van der Waals surface area contributed by atoms with Gasteiger partial charge in [-0.05, 0) is 32.0 Å². The van der Waals surface area contributed by atoms with Crippen LogP contribution in [0.2, 0.25) is 0 Å². The quantitative estimate of drug-likeness (QED) is 0.658. The van der Waals surface area contributed by atoms with Crippen LogP contribution in [-0.2, 0) is 10.0 Å². The second-order valence-corrected chi connectivity index (χ2v) is 6.03. The number of nitrogen functional groups attached to an aromatic ring is 1. The van der Waals surface area contributed by atoms with Crippen LogP contribution in [0.3, 0.4) is 0 Å². The molecule has 0 aliphatic carbocycles. The highest BCUT2D eigenvalue weighted by Crippen LogP contribution is 2.21. The zero-order chi connectivity index (χ0) is 13.9. The second-order valence-electron chi connectivity index (χ2n) is 4.14. The molecular weight excluding hydrogens is 255 g/mol. The molecule has 1 aromatic carbocycles. The Labute approximate surface area is 107 Å². The minimum absolute atomic E-state index is 0.0752. The topological polar surface area (TPSA) is 63.4 Å². The van der Waals surface area contributed by atoms with Gasteiger partial charge < -0.3 is 5.73 Å². The largest absolute Gasteiger partial charge is 0.396 e. The molecule has 0 heterocycles. The fourth-order valence-corrected chi connectivity index (χ4v) is 3.14. The summed E-state index contributed by atoms with van der Waals surface area (Å²) in [6.07, 6.45) is 1.49. The summed E-state index contributed by atoms with van der Waals surface area (Å²) in [5.41, 5.74) is 5.25. The van der Waals surface area contributed by atoms with Gasteiger partial charge in [-0.15, -0.1) is 6.58 Å². The SMILES string of the molecule is C=CCN(C(C)C)S(=O)(=O)c1ccc(N)c(F)c1. The maximum Gasteiger partial charge on any atom is 0.243 e. The number of halogens is 1. The molecule has 0 fully saturated rings. The minimum Gasteiger partial charge on any atom is -0.396 e. The van der Waals surface area contributed by atoms with Crippen LogP contribution < -0.4 is 5.73 Å². The molecule has 0 saturated heterocycles. The van der Waals surface area contributed by atoms with Crippen LogP contribution in [0.5, 0.6) is 0 Å². The van der Waals surface area contributed by atoms with E-state index < -0.39 is 15.8 Å². The normalized spacial score (nSPS) is 12.1. The van der Waals surface area contributed by atoms with E-state index in [0.29, 0.717) is 0 Å².